The number of aliphatic hydroxyl groups excluding tert-OH is 1. The normalized spacial score (nSPS) is 11.6. The third kappa shape index (κ3) is 8.85. The van der Waals surface area contributed by atoms with Crippen molar-refractivity contribution in [3.05, 3.63) is 0 Å². The molecule has 0 radical (unpaired) electrons. The Balaban J connectivity index is 3.48. The van der Waals surface area contributed by atoms with Crippen LogP contribution in [0.15, 0.2) is 0 Å². The first-order chi connectivity index (χ1) is 7.22. The number of ether oxygens (including phenoxy) is 1. The van der Waals surface area contributed by atoms with Crippen LogP contribution >= 0.6 is 0 Å². The summed E-state index contributed by atoms with van der Waals surface area (Å²) >= 11 is 0. The average Bonchev–Trinajstić information content (AvgIpc) is 2.21. The predicted molar refractivity (Wildman–Crippen MR) is 64.1 cm³/mol. The van der Waals surface area contributed by atoms with Crippen LogP contribution in [0.2, 0.25) is 0 Å². The number of unbranched alkanes of at least 4 members (excludes halogenated alkanes) is 3. The lowest BCUT2D eigenvalue weighted by Crippen LogP contribution is -2.34. The molecule has 0 aliphatic rings. The monoisotopic (exact) mass is 217 g/mol. The average molecular weight is 217 g/mol. The van der Waals surface area contributed by atoms with E-state index in [4.69, 9.17) is 9.84 Å². The number of rotatable bonds is 10. The highest BCUT2D eigenvalue weighted by molar-refractivity contribution is 4.62. The molecule has 1 N–H and O–H groups in total. The van der Waals surface area contributed by atoms with Gasteiger partial charge in [0.1, 0.15) is 0 Å². The third-order valence-corrected chi connectivity index (χ3v) is 2.67. The molecule has 3 heteroatoms. The Morgan fingerprint density at radius 1 is 1.07 bits per heavy atom. The second-order valence-electron chi connectivity index (χ2n) is 4.26. The van der Waals surface area contributed by atoms with Gasteiger partial charge in [-0.1, -0.05) is 12.8 Å². The third-order valence-electron chi connectivity index (χ3n) is 2.67. The van der Waals surface area contributed by atoms with Gasteiger partial charge in [0, 0.05) is 26.3 Å². The van der Waals surface area contributed by atoms with Crippen molar-refractivity contribution in [2.45, 2.75) is 45.6 Å². The van der Waals surface area contributed by atoms with Gasteiger partial charge in [-0.3, -0.25) is 4.90 Å². The molecule has 0 aliphatic heterocycles. The van der Waals surface area contributed by atoms with Crippen LogP contribution < -0.4 is 0 Å². The van der Waals surface area contributed by atoms with E-state index in [0.717, 1.165) is 32.5 Å². The lowest BCUT2D eigenvalue weighted by Gasteiger charge is -2.25. The quantitative estimate of drug-likeness (QED) is 0.567. The minimum absolute atomic E-state index is 0.331. The van der Waals surface area contributed by atoms with Crippen LogP contribution in [-0.2, 0) is 4.74 Å². The van der Waals surface area contributed by atoms with Crippen LogP contribution in [0.1, 0.15) is 39.5 Å². The van der Waals surface area contributed by atoms with E-state index in [1.807, 2.05) is 0 Å². The molecule has 0 amide bonds. The molecule has 15 heavy (non-hydrogen) atoms. The fourth-order valence-corrected chi connectivity index (χ4v) is 1.62. The van der Waals surface area contributed by atoms with E-state index in [2.05, 4.69) is 18.7 Å². The van der Waals surface area contributed by atoms with Gasteiger partial charge in [0.15, 0.2) is 0 Å². The molecule has 0 saturated carbocycles. The number of hydrogen-bond acceptors (Lipinski definition) is 3. The van der Waals surface area contributed by atoms with Crippen LogP contribution in [0.25, 0.3) is 0 Å². The molecule has 0 atom stereocenters. The Kier molecular flexibility index (Phi) is 10.3. The Morgan fingerprint density at radius 2 is 1.73 bits per heavy atom. The smallest absolute Gasteiger partial charge is 0.0589 e. The molecule has 0 unspecified atom stereocenters. The summed E-state index contributed by atoms with van der Waals surface area (Å²) in [6, 6.07) is 0.595. The highest BCUT2D eigenvalue weighted by Crippen LogP contribution is 2.04. The van der Waals surface area contributed by atoms with E-state index in [1.165, 1.54) is 12.8 Å². The van der Waals surface area contributed by atoms with Crippen LogP contribution in [0.3, 0.4) is 0 Å². The van der Waals surface area contributed by atoms with Crippen LogP contribution in [0, 0.1) is 0 Å². The molecule has 0 aliphatic carbocycles. The predicted octanol–water partition coefficient (Wildman–Crippen LogP) is 1.90. The highest BCUT2D eigenvalue weighted by Gasteiger charge is 2.07. The first-order valence-corrected chi connectivity index (χ1v) is 6.06. The van der Waals surface area contributed by atoms with Crippen LogP contribution in [0.5, 0.6) is 0 Å². The summed E-state index contributed by atoms with van der Waals surface area (Å²) in [5.74, 6) is 0. The van der Waals surface area contributed by atoms with Crippen LogP contribution in [-0.4, -0.2) is 49.5 Å². The number of methoxy groups -OCH3 is 1. The maximum atomic E-state index is 8.65. The van der Waals surface area contributed by atoms with Gasteiger partial charge in [-0.25, -0.2) is 0 Å². The lowest BCUT2D eigenvalue weighted by molar-refractivity contribution is 0.128. The number of nitrogens with zero attached hydrogens (tertiary/aromatic N) is 1. The second kappa shape index (κ2) is 10.4. The van der Waals surface area contributed by atoms with Crippen molar-refractivity contribution < 1.29 is 9.84 Å². The topological polar surface area (TPSA) is 32.7 Å². The first-order valence-electron chi connectivity index (χ1n) is 6.06. The van der Waals surface area contributed by atoms with Crippen LogP contribution in [0.4, 0.5) is 0 Å². The summed E-state index contributed by atoms with van der Waals surface area (Å²) in [5, 5.41) is 8.65. The van der Waals surface area contributed by atoms with Crippen molar-refractivity contribution in [1.29, 1.82) is 0 Å². The van der Waals surface area contributed by atoms with E-state index in [-0.39, 0.29) is 0 Å². The summed E-state index contributed by atoms with van der Waals surface area (Å²) in [4.78, 5) is 2.45. The molecule has 0 aromatic heterocycles. The maximum absolute atomic E-state index is 8.65. The second-order valence-corrected chi connectivity index (χ2v) is 4.26. The van der Waals surface area contributed by atoms with Gasteiger partial charge in [-0.05, 0) is 33.2 Å². The largest absolute Gasteiger partial charge is 0.396 e. The Morgan fingerprint density at radius 3 is 2.27 bits per heavy atom. The molecule has 0 aromatic rings. The summed E-state index contributed by atoms with van der Waals surface area (Å²) in [5.41, 5.74) is 0. The summed E-state index contributed by atoms with van der Waals surface area (Å²) in [6.45, 7) is 7.76. The van der Waals surface area contributed by atoms with Crippen molar-refractivity contribution >= 4 is 0 Å². The van der Waals surface area contributed by atoms with Gasteiger partial charge < -0.3 is 9.84 Å². The van der Waals surface area contributed by atoms with Crippen molar-refractivity contribution in [1.82, 2.24) is 4.90 Å². The van der Waals surface area contributed by atoms with Crippen molar-refractivity contribution in [2.75, 3.05) is 33.4 Å². The summed E-state index contributed by atoms with van der Waals surface area (Å²) in [6.07, 6.45) is 4.53. The Hall–Kier alpha value is -0.120. The zero-order valence-electron chi connectivity index (χ0n) is 10.5. The Labute approximate surface area is 94.4 Å². The zero-order valence-corrected chi connectivity index (χ0v) is 10.5. The van der Waals surface area contributed by atoms with E-state index in [1.54, 1.807) is 7.11 Å². The molecule has 92 valence electrons. The van der Waals surface area contributed by atoms with Crippen molar-refractivity contribution in [3.63, 3.8) is 0 Å². The zero-order chi connectivity index (χ0) is 11.5. The molecular weight excluding hydrogens is 190 g/mol. The van der Waals surface area contributed by atoms with E-state index >= 15 is 0 Å². The fraction of sp³-hybridized carbons (Fsp3) is 1.00. The SMILES string of the molecule is COCCN(CCCCCCO)C(C)C. The van der Waals surface area contributed by atoms with Gasteiger partial charge >= 0.3 is 0 Å². The van der Waals surface area contributed by atoms with Crippen molar-refractivity contribution in [2.24, 2.45) is 0 Å². The van der Waals surface area contributed by atoms with Gasteiger partial charge in [0.25, 0.3) is 0 Å². The first kappa shape index (κ1) is 14.9. The minimum Gasteiger partial charge on any atom is -0.396 e. The molecule has 0 spiro atoms. The fourth-order valence-electron chi connectivity index (χ4n) is 1.62. The molecule has 0 heterocycles. The summed E-state index contributed by atoms with van der Waals surface area (Å²) < 4.78 is 5.09. The van der Waals surface area contributed by atoms with E-state index < -0.39 is 0 Å². The van der Waals surface area contributed by atoms with Crippen molar-refractivity contribution in [3.8, 4) is 0 Å². The summed E-state index contributed by atoms with van der Waals surface area (Å²) in [7, 11) is 1.75. The van der Waals surface area contributed by atoms with Gasteiger partial charge in [-0.15, -0.1) is 0 Å². The maximum Gasteiger partial charge on any atom is 0.0589 e. The molecule has 3 nitrogen and oxygen atoms in total. The molecule has 0 rings (SSSR count). The number of aliphatic hydroxyl groups is 1. The number of hydrogen-bond donors (Lipinski definition) is 1. The molecule has 0 bridgehead atoms. The van der Waals surface area contributed by atoms with E-state index in [0.29, 0.717) is 12.6 Å². The molecule has 0 saturated heterocycles. The molecule has 0 aromatic carbocycles. The van der Waals surface area contributed by atoms with E-state index in [9.17, 15) is 0 Å². The van der Waals surface area contributed by atoms with Gasteiger partial charge in [0.2, 0.25) is 0 Å². The minimum atomic E-state index is 0.331. The van der Waals surface area contributed by atoms with Gasteiger partial charge in [0.05, 0.1) is 6.61 Å². The molecular formula is C12H27NO2. The highest BCUT2D eigenvalue weighted by atomic mass is 16.5. The Bertz CT molecular complexity index is 129. The standard InChI is InChI=1S/C12H27NO2/c1-12(2)13(9-11-15-3)8-6-4-5-7-10-14/h12,14H,4-11H2,1-3H3. The molecule has 0 fully saturated rings. The lowest BCUT2D eigenvalue weighted by atomic mass is 10.2. The van der Waals surface area contributed by atoms with Gasteiger partial charge in [-0.2, -0.15) is 0 Å².